The Kier molecular flexibility index (Phi) is 3.06. The third kappa shape index (κ3) is 2.07. The van der Waals surface area contributed by atoms with Crippen molar-refractivity contribution in [2.24, 2.45) is 0 Å². The van der Waals surface area contributed by atoms with Gasteiger partial charge in [0.2, 0.25) is 5.88 Å². The Balaban J connectivity index is 2.56. The summed E-state index contributed by atoms with van der Waals surface area (Å²) in [5.41, 5.74) is 13.6. The van der Waals surface area contributed by atoms with Gasteiger partial charge in [0.25, 0.3) is 0 Å². The third-order valence-electron chi connectivity index (χ3n) is 2.77. The number of rotatable bonds is 3. The molecule has 96 valence electrons. The molecule has 18 heavy (non-hydrogen) atoms. The van der Waals surface area contributed by atoms with Crippen LogP contribution in [0.2, 0.25) is 0 Å². The van der Waals surface area contributed by atoms with Crippen molar-refractivity contribution in [1.82, 2.24) is 4.57 Å². The van der Waals surface area contributed by atoms with Gasteiger partial charge in [-0.3, -0.25) is 4.57 Å². The van der Waals surface area contributed by atoms with Gasteiger partial charge >= 0.3 is 0 Å². The smallest absolute Gasteiger partial charge is 0.201 e. The van der Waals surface area contributed by atoms with Crippen LogP contribution in [0, 0.1) is 0 Å². The quantitative estimate of drug-likeness (QED) is 0.623. The van der Waals surface area contributed by atoms with Gasteiger partial charge in [-0.25, -0.2) is 0 Å². The zero-order chi connectivity index (χ0) is 13.3. The Morgan fingerprint density at radius 3 is 2.22 bits per heavy atom. The van der Waals surface area contributed by atoms with Gasteiger partial charge in [-0.2, -0.15) is 0 Å². The highest BCUT2D eigenvalue weighted by molar-refractivity contribution is 5.61. The van der Waals surface area contributed by atoms with E-state index in [2.05, 4.69) is 0 Å². The highest BCUT2D eigenvalue weighted by atomic mass is 16.3. The molecule has 2 rings (SSSR count). The summed E-state index contributed by atoms with van der Waals surface area (Å²) in [6.07, 6.45) is 1.58. The summed E-state index contributed by atoms with van der Waals surface area (Å²) < 4.78 is 1.33. The van der Waals surface area contributed by atoms with Crippen molar-refractivity contribution in [1.29, 1.82) is 0 Å². The van der Waals surface area contributed by atoms with Gasteiger partial charge in [0, 0.05) is 23.0 Å². The van der Waals surface area contributed by atoms with Crippen molar-refractivity contribution >= 4 is 11.4 Å². The molecule has 0 bridgehead atoms. The molecule has 0 saturated heterocycles. The molecule has 0 saturated carbocycles. The predicted octanol–water partition coefficient (Wildman–Crippen LogP) is 2.01. The van der Waals surface area contributed by atoms with Crippen molar-refractivity contribution < 1.29 is 10.2 Å². The summed E-state index contributed by atoms with van der Waals surface area (Å²) in [6, 6.07) is 6.46. The standard InChI is InChI=1S/C13H17N3O2/c1-2-3-8-4-12(17)16(13(8)18)11-6-9(14)5-10(15)7-11/h4-7,17-18H,2-3,14-15H2,1H3. The zero-order valence-corrected chi connectivity index (χ0v) is 10.2. The molecule has 0 aliphatic carbocycles. The SMILES string of the molecule is CCCc1cc(O)n(-c2cc(N)cc(N)c2)c1O. The second-order valence-electron chi connectivity index (χ2n) is 4.29. The number of aromatic hydroxyl groups is 2. The molecule has 0 aliphatic heterocycles. The van der Waals surface area contributed by atoms with Crippen molar-refractivity contribution in [2.75, 3.05) is 11.5 Å². The minimum Gasteiger partial charge on any atom is -0.494 e. The summed E-state index contributed by atoms with van der Waals surface area (Å²) in [5, 5.41) is 20.0. The zero-order valence-electron chi connectivity index (χ0n) is 10.2. The molecule has 0 spiro atoms. The molecule has 0 fully saturated rings. The van der Waals surface area contributed by atoms with Gasteiger partial charge in [0.1, 0.15) is 0 Å². The lowest BCUT2D eigenvalue weighted by atomic mass is 10.2. The lowest BCUT2D eigenvalue weighted by Crippen LogP contribution is -1.98. The maximum Gasteiger partial charge on any atom is 0.201 e. The average molecular weight is 247 g/mol. The van der Waals surface area contributed by atoms with Crippen LogP contribution in [-0.4, -0.2) is 14.8 Å². The average Bonchev–Trinajstić information content (AvgIpc) is 2.53. The van der Waals surface area contributed by atoms with E-state index >= 15 is 0 Å². The summed E-state index contributed by atoms with van der Waals surface area (Å²) in [4.78, 5) is 0. The Hall–Kier alpha value is -2.30. The highest BCUT2D eigenvalue weighted by Crippen LogP contribution is 2.33. The van der Waals surface area contributed by atoms with E-state index in [9.17, 15) is 10.2 Å². The number of aromatic nitrogens is 1. The fourth-order valence-corrected chi connectivity index (χ4v) is 2.03. The number of aryl methyl sites for hydroxylation is 1. The molecule has 0 aliphatic rings. The van der Waals surface area contributed by atoms with Crippen LogP contribution in [0.4, 0.5) is 11.4 Å². The molecule has 6 N–H and O–H groups in total. The summed E-state index contributed by atoms with van der Waals surface area (Å²) >= 11 is 0. The molecule has 1 aromatic carbocycles. The summed E-state index contributed by atoms with van der Waals surface area (Å²) in [6.45, 7) is 2.01. The minimum atomic E-state index is -0.0269. The van der Waals surface area contributed by atoms with Crippen LogP contribution in [0.3, 0.4) is 0 Å². The van der Waals surface area contributed by atoms with E-state index in [1.807, 2.05) is 6.92 Å². The monoisotopic (exact) mass is 247 g/mol. The van der Waals surface area contributed by atoms with E-state index < -0.39 is 0 Å². The van der Waals surface area contributed by atoms with Crippen LogP contribution in [0.1, 0.15) is 18.9 Å². The Morgan fingerprint density at radius 1 is 1.06 bits per heavy atom. The maximum atomic E-state index is 10.1. The normalized spacial score (nSPS) is 10.7. The number of hydrogen-bond acceptors (Lipinski definition) is 4. The number of benzene rings is 1. The minimum absolute atomic E-state index is 0.0269. The number of nitrogens with zero attached hydrogens (tertiary/aromatic N) is 1. The van der Waals surface area contributed by atoms with Crippen LogP contribution in [0.5, 0.6) is 11.8 Å². The molecule has 0 atom stereocenters. The first kappa shape index (κ1) is 12.2. The molecular formula is C13H17N3O2. The van der Waals surface area contributed by atoms with E-state index in [0.717, 1.165) is 6.42 Å². The largest absolute Gasteiger partial charge is 0.494 e. The molecule has 0 amide bonds. The fourth-order valence-electron chi connectivity index (χ4n) is 2.03. The topological polar surface area (TPSA) is 97.4 Å². The molecule has 1 heterocycles. The maximum absolute atomic E-state index is 10.1. The van der Waals surface area contributed by atoms with Crippen LogP contribution >= 0.6 is 0 Å². The molecule has 1 aromatic heterocycles. The van der Waals surface area contributed by atoms with Crippen molar-refractivity contribution in [3.8, 4) is 17.4 Å². The second-order valence-corrected chi connectivity index (χ2v) is 4.29. The van der Waals surface area contributed by atoms with Crippen molar-refractivity contribution in [3.05, 3.63) is 29.8 Å². The second kappa shape index (κ2) is 4.52. The molecule has 5 heteroatoms. The Bertz CT molecular complexity index is 556. The van der Waals surface area contributed by atoms with Gasteiger partial charge in [-0.15, -0.1) is 0 Å². The number of nitrogen functional groups attached to an aromatic ring is 2. The Morgan fingerprint density at radius 2 is 1.67 bits per heavy atom. The van der Waals surface area contributed by atoms with E-state index in [1.54, 1.807) is 24.3 Å². The van der Waals surface area contributed by atoms with E-state index in [4.69, 9.17) is 11.5 Å². The lowest BCUT2D eigenvalue weighted by molar-refractivity contribution is 0.400. The van der Waals surface area contributed by atoms with Crippen molar-refractivity contribution in [2.45, 2.75) is 19.8 Å². The van der Waals surface area contributed by atoms with Crippen LogP contribution in [-0.2, 0) is 6.42 Å². The summed E-state index contributed by atoms with van der Waals surface area (Å²) in [7, 11) is 0. The first-order valence-electron chi connectivity index (χ1n) is 5.82. The molecular weight excluding hydrogens is 230 g/mol. The number of anilines is 2. The van der Waals surface area contributed by atoms with Crippen LogP contribution in [0.15, 0.2) is 24.3 Å². The third-order valence-corrected chi connectivity index (χ3v) is 2.77. The van der Waals surface area contributed by atoms with Gasteiger partial charge in [-0.1, -0.05) is 13.3 Å². The van der Waals surface area contributed by atoms with Crippen LogP contribution < -0.4 is 11.5 Å². The highest BCUT2D eigenvalue weighted by Gasteiger charge is 2.15. The molecule has 2 aromatic rings. The first-order valence-corrected chi connectivity index (χ1v) is 5.82. The Labute approximate surface area is 105 Å². The molecule has 0 radical (unpaired) electrons. The summed E-state index contributed by atoms with van der Waals surface area (Å²) in [5.74, 6) is 0.000278. The predicted molar refractivity (Wildman–Crippen MR) is 71.9 cm³/mol. The van der Waals surface area contributed by atoms with Crippen molar-refractivity contribution in [3.63, 3.8) is 0 Å². The number of hydrogen-bond donors (Lipinski definition) is 4. The van der Waals surface area contributed by atoms with Gasteiger partial charge in [-0.05, 0) is 24.6 Å². The molecule has 5 nitrogen and oxygen atoms in total. The first-order chi connectivity index (χ1) is 8.52. The number of nitrogens with two attached hydrogens (primary N) is 2. The van der Waals surface area contributed by atoms with E-state index in [1.165, 1.54) is 4.57 Å². The lowest BCUT2D eigenvalue weighted by Gasteiger charge is -2.09. The van der Waals surface area contributed by atoms with Gasteiger partial charge < -0.3 is 21.7 Å². The molecule has 0 unspecified atom stereocenters. The van der Waals surface area contributed by atoms with E-state index in [-0.39, 0.29) is 11.8 Å². The van der Waals surface area contributed by atoms with Gasteiger partial charge in [0.05, 0.1) is 5.69 Å². The fraction of sp³-hybridized carbons (Fsp3) is 0.231. The van der Waals surface area contributed by atoms with E-state index in [0.29, 0.717) is 29.0 Å². The van der Waals surface area contributed by atoms with Gasteiger partial charge in [0.15, 0.2) is 5.88 Å². The van der Waals surface area contributed by atoms with Crippen LogP contribution in [0.25, 0.3) is 5.69 Å².